The van der Waals surface area contributed by atoms with Crippen LogP contribution in [0.1, 0.15) is 6.42 Å². The first-order valence-corrected chi connectivity index (χ1v) is 6.95. The van der Waals surface area contributed by atoms with Gasteiger partial charge in [-0.3, -0.25) is 9.78 Å². The molecule has 7 nitrogen and oxygen atoms in total. The molecule has 2 aliphatic rings. The first-order chi connectivity index (χ1) is 10.2. The van der Waals surface area contributed by atoms with Crippen molar-refractivity contribution in [1.82, 2.24) is 20.3 Å². The highest BCUT2D eigenvalue weighted by atomic mass is 16.3. The smallest absolute Gasteiger partial charge is 0.230 e. The molecule has 2 N–H and O–H groups in total. The van der Waals surface area contributed by atoms with E-state index < -0.39 is 11.5 Å². The van der Waals surface area contributed by atoms with E-state index >= 15 is 0 Å². The van der Waals surface area contributed by atoms with Gasteiger partial charge in [0.2, 0.25) is 5.91 Å². The lowest BCUT2D eigenvalue weighted by molar-refractivity contribution is -0.139. The normalized spacial score (nSPS) is 24.0. The van der Waals surface area contributed by atoms with Gasteiger partial charge < -0.3 is 15.3 Å². The quantitative estimate of drug-likeness (QED) is 0.748. The van der Waals surface area contributed by atoms with Crippen molar-refractivity contribution in [3.05, 3.63) is 24.5 Å². The van der Waals surface area contributed by atoms with Crippen LogP contribution in [0.3, 0.4) is 0 Å². The average molecular weight is 285 g/mol. The van der Waals surface area contributed by atoms with E-state index in [1.807, 2.05) is 17.0 Å². The van der Waals surface area contributed by atoms with Crippen molar-refractivity contribution >= 4 is 22.9 Å². The third-order valence-electron chi connectivity index (χ3n) is 4.23. The lowest BCUT2D eigenvalue weighted by Gasteiger charge is -2.52. The number of hydrogen-bond acceptors (Lipinski definition) is 6. The fourth-order valence-electron chi connectivity index (χ4n) is 3.15. The Morgan fingerprint density at radius 3 is 2.95 bits per heavy atom. The van der Waals surface area contributed by atoms with Gasteiger partial charge in [0.05, 0.1) is 11.5 Å². The average Bonchev–Trinajstić information content (AvgIpc) is 2.47. The van der Waals surface area contributed by atoms with Crippen LogP contribution in [0.2, 0.25) is 0 Å². The molecule has 2 saturated heterocycles. The molecule has 21 heavy (non-hydrogen) atoms. The van der Waals surface area contributed by atoms with E-state index in [-0.39, 0.29) is 5.91 Å². The van der Waals surface area contributed by atoms with Gasteiger partial charge in [-0.25, -0.2) is 9.97 Å². The summed E-state index contributed by atoms with van der Waals surface area (Å²) in [4.78, 5) is 26.9. The van der Waals surface area contributed by atoms with Gasteiger partial charge in [-0.05, 0) is 18.6 Å². The lowest BCUT2D eigenvalue weighted by Crippen LogP contribution is -2.67. The first kappa shape index (κ1) is 12.5. The number of carbonyl (C=O) groups is 1. The van der Waals surface area contributed by atoms with E-state index in [2.05, 4.69) is 20.3 Å². The molecule has 4 rings (SSSR count). The van der Waals surface area contributed by atoms with Crippen molar-refractivity contribution in [3.8, 4) is 0 Å². The van der Waals surface area contributed by atoms with Crippen LogP contribution in [0.5, 0.6) is 0 Å². The molecule has 0 bridgehead atoms. The van der Waals surface area contributed by atoms with Crippen LogP contribution >= 0.6 is 0 Å². The van der Waals surface area contributed by atoms with Gasteiger partial charge in [0.25, 0.3) is 0 Å². The number of rotatable bonds is 1. The summed E-state index contributed by atoms with van der Waals surface area (Å²) in [5, 5.41) is 12.5. The molecule has 0 aromatic carbocycles. The second-order valence-electron chi connectivity index (χ2n) is 5.77. The van der Waals surface area contributed by atoms with E-state index in [9.17, 15) is 9.90 Å². The van der Waals surface area contributed by atoms with Crippen molar-refractivity contribution in [2.45, 2.75) is 12.5 Å². The standard InChI is InChI=1S/C14H15N5O2/c20-9-5-14(13(21)17-6-9)7-19(8-14)11-2-1-10-12(18-11)16-4-3-15-10/h1-4,9,20H,5-8H2,(H,17,21). The molecule has 1 unspecified atom stereocenters. The number of amides is 1. The third-order valence-corrected chi connectivity index (χ3v) is 4.23. The number of fused-ring (bicyclic) bond motifs is 1. The van der Waals surface area contributed by atoms with Gasteiger partial charge in [0.1, 0.15) is 11.3 Å². The van der Waals surface area contributed by atoms with Gasteiger partial charge in [-0.1, -0.05) is 0 Å². The Morgan fingerprint density at radius 1 is 1.29 bits per heavy atom. The fourth-order valence-corrected chi connectivity index (χ4v) is 3.15. The fraction of sp³-hybridized carbons (Fsp3) is 0.429. The number of aromatic nitrogens is 3. The van der Waals surface area contributed by atoms with Crippen LogP contribution in [0.25, 0.3) is 11.2 Å². The highest BCUT2D eigenvalue weighted by Crippen LogP contribution is 2.39. The van der Waals surface area contributed by atoms with Crippen molar-refractivity contribution in [3.63, 3.8) is 0 Å². The summed E-state index contributed by atoms with van der Waals surface area (Å²) in [5.41, 5.74) is 0.878. The van der Waals surface area contributed by atoms with Crippen molar-refractivity contribution in [2.24, 2.45) is 5.41 Å². The third kappa shape index (κ3) is 1.92. The van der Waals surface area contributed by atoms with E-state index in [1.165, 1.54) is 0 Å². The molecule has 108 valence electrons. The Hall–Kier alpha value is -2.28. The molecular weight excluding hydrogens is 270 g/mol. The maximum absolute atomic E-state index is 12.0. The Bertz CT molecular complexity index is 713. The van der Waals surface area contributed by atoms with Crippen LogP contribution < -0.4 is 10.2 Å². The zero-order chi connectivity index (χ0) is 14.4. The van der Waals surface area contributed by atoms with Crippen LogP contribution in [0.4, 0.5) is 5.82 Å². The maximum atomic E-state index is 12.0. The van der Waals surface area contributed by atoms with Crippen LogP contribution in [-0.2, 0) is 4.79 Å². The number of carbonyl (C=O) groups excluding carboxylic acids is 1. The monoisotopic (exact) mass is 285 g/mol. The predicted molar refractivity (Wildman–Crippen MR) is 75.6 cm³/mol. The van der Waals surface area contributed by atoms with Gasteiger partial charge >= 0.3 is 0 Å². The van der Waals surface area contributed by atoms with Crippen molar-refractivity contribution < 1.29 is 9.90 Å². The molecule has 0 aliphatic carbocycles. The topological polar surface area (TPSA) is 91.2 Å². The summed E-state index contributed by atoms with van der Waals surface area (Å²) in [6, 6.07) is 3.77. The summed E-state index contributed by atoms with van der Waals surface area (Å²) in [6.07, 6.45) is 3.31. The molecule has 1 amide bonds. The molecular formula is C14H15N5O2. The van der Waals surface area contributed by atoms with E-state index in [4.69, 9.17) is 0 Å². The molecule has 2 aromatic rings. The molecule has 4 heterocycles. The van der Waals surface area contributed by atoms with Crippen LogP contribution in [0.15, 0.2) is 24.5 Å². The summed E-state index contributed by atoms with van der Waals surface area (Å²) in [5.74, 6) is 0.825. The molecule has 2 aromatic heterocycles. The molecule has 1 spiro atoms. The Labute approximate surface area is 121 Å². The number of piperidine rings is 1. The van der Waals surface area contributed by atoms with Gasteiger partial charge in [-0.15, -0.1) is 0 Å². The summed E-state index contributed by atoms with van der Waals surface area (Å²) in [7, 11) is 0. The molecule has 0 radical (unpaired) electrons. The Morgan fingerprint density at radius 2 is 2.10 bits per heavy atom. The second-order valence-corrected chi connectivity index (χ2v) is 5.77. The largest absolute Gasteiger partial charge is 0.391 e. The number of hydrogen-bond donors (Lipinski definition) is 2. The molecule has 0 saturated carbocycles. The van der Waals surface area contributed by atoms with Crippen LogP contribution in [-0.4, -0.2) is 51.7 Å². The molecule has 1 atom stereocenters. The highest BCUT2D eigenvalue weighted by Gasteiger charge is 2.52. The Kier molecular flexibility index (Phi) is 2.58. The first-order valence-electron chi connectivity index (χ1n) is 6.95. The number of aliphatic hydroxyl groups excluding tert-OH is 1. The Balaban J connectivity index is 1.57. The number of nitrogens with zero attached hydrogens (tertiary/aromatic N) is 4. The number of anilines is 1. The van der Waals surface area contributed by atoms with Crippen molar-refractivity contribution in [2.75, 3.05) is 24.5 Å². The second kappa shape index (κ2) is 4.36. The molecule has 2 fully saturated rings. The van der Waals surface area contributed by atoms with Gasteiger partial charge in [0, 0.05) is 32.0 Å². The minimum atomic E-state index is -0.476. The van der Waals surface area contributed by atoms with E-state index in [0.717, 1.165) is 11.3 Å². The lowest BCUT2D eigenvalue weighted by atomic mass is 9.72. The maximum Gasteiger partial charge on any atom is 0.230 e. The minimum Gasteiger partial charge on any atom is -0.391 e. The molecule has 7 heteroatoms. The SMILES string of the molecule is O=C1NCC(O)CC12CN(c1ccc3nccnc3n1)C2. The number of aliphatic hydroxyl groups is 1. The number of pyridine rings is 1. The van der Waals surface area contributed by atoms with Gasteiger partial charge in [0.15, 0.2) is 5.65 Å². The summed E-state index contributed by atoms with van der Waals surface area (Å²) >= 11 is 0. The zero-order valence-corrected chi connectivity index (χ0v) is 11.4. The zero-order valence-electron chi connectivity index (χ0n) is 11.4. The minimum absolute atomic E-state index is 0.0321. The van der Waals surface area contributed by atoms with Gasteiger partial charge in [-0.2, -0.15) is 0 Å². The summed E-state index contributed by atoms with van der Waals surface area (Å²) < 4.78 is 0. The van der Waals surface area contributed by atoms with Crippen molar-refractivity contribution in [1.29, 1.82) is 0 Å². The number of nitrogens with one attached hydrogen (secondary N) is 1. The number of β-amino-alcohol motifs (C(OH)–C–C–N with tert-alkyl or cyclic N) is 1. The predicted octanol–water partition coefficient (Wildman–Crippen LogP) is -0.288. The summed E-state index contributed by atoms with van der Waals surface area (Å²) in [6.45, 7) is 1.51. The van der Waals surface area contributed by atoms with Crippen LogP contribution in [0, 0.1) is 5.41 Å². The highest BCUT2D eigenvalue weighted by molar-refractivity contribution is 5.87. The van der Waals surface area contributed by atoms with E-state index in [1.54, 1.807) is 12.4 Å². The van der Waals surface area contributed by atoms with E-state index in [0.29, 0.717) is 31.7 Å². The molecule has 2 aliphatic heterocycles.